The Morgan fingerprint density at radius 2 is 1.72 bits per heavy atom. The molecular weight excluding hydrogens is 479 g/mol. The second kappa shape index (κ2) is 12.2. The maximum absolute atomic E-state index is 13.5. The van der Waals surface area contributed by atoms with Crippen molar-refractivity contribution >= 4 is 11.8 Å². The zero-order chi connectivity index (χ0) is 27.0. The van der Waals surface area contributed by atoms with Crippen LogP contribution in [0.1, 0.15) is 57.8 Å². The third-order valence-corrected chi connectivity index (χ3v) is 4.86. The molecule has 36 heavy (non-hydrogen) atoms. The number of carbonyl (C=O) groups is 2. The Bertz CT molecular complexity index is 1190. The van der Waals surface area contributed by atoms with Gasteiger partial charge in [0.15, 0.2) is 11.5 Å². The number of aromatic nitrogens is 2. The lowest BCUT2D eigenvalue weighted by Crippen LogP contribution is -2.12. The minimum atomic E-state index is -4.87. The number of nitrogens with one attached hydrogen (secondary N) is 1. The molecule has 0 spiro atoms. The quantitative estimate of drug-likeness (QED) is 0.367. The maximum atomic E-state index is 13.5. The summed E-state index contributed by atoms with van der Waals surface area (Å²) in [6.07, 6.45) is -1.94. The number of ketones is 1. The average Bonchev–Trinajstić information content (AvgIpc) is 3.23. The smallest absolute Gasteiger partial charge is 0.423 e. The van der Waals surface area contributed by atoms with Crippen molar-refractivity contribution in [3.05, 3.63) is 82.6 Å². The molecule has 11 heteroatoms. The van der Waals surface area contributed by atoms with Gasteiger partial charge in [0, 0.05) is 19.7 Å². The number of benzene rings is 2. The minimum absolute atomic E-state index is 0.0351. The topological polar surface area (TPSA) is 125 Å². The van der Waals surface area contributed by atoms with E-state index in [1.54, 1.807) is 49.7 Å². The molecule has 0 saturated heterocycles. The van der Waals surface area contributed by atoms with Crippen LogP contribution in [-0.4, -0.2) is 31.5 Å². The van der Waals surface area contributed by atoms with Gasteiger partial charge in [0.05, 0.1) is 11.9 Å². The van der Waals surface area contributed by atoms with Gasteiger partial charge in [0.25, 0.3) is 0 Å². The van der Waals surface area contributed by atoms with Crippen LogP contribution >= 0.6 is 0 Å². The van der Waals surface area contributed by atoms with Crippen LogP contribution in [0.25, 0.3) is 5.73 Å². The number of phenols is 1. The molecule has 0 atom stereocenters. The van der Waals surface area contributed by atoms with Gasteiger partial charge in [0.1, 0.15) is 23.7 Å². The molecule has 0 saturated carbocycles. The number of hydrogen-bond donors (Lipinski definition) is 2. The molecule has 0 bridgehead atoms. The standard InChI is InChI=1S/C20H21F3NO3.C5H6N2O2/c1-12(2)9-16(25)15-7-8-17(18(19(15)26)20(21,22)23)27-11-14-5-3-13(10-24)4-6-14;1-7-2-4(5(8)9)6-3-7/h3-8,12,24,26H,9-11H2,1-2H3;2-3H,1H3,(H,8,9)/q-1;. The van der Waals surface area contributed by atoms with E-state index >= 15 is 0 Å². The fraction of sp³-hybridized carbons (Fsp3) is 0.320. The fourth-order valence-corrected chi connectivity index (χ4v) is 3.11. The number of rotatable bonds is 8. The highest BCUT2D eigenvalue weighted by Gasteiger charge is 2.39. The van der Waals surface area contributed by atoms with Crippen LogP contribution in [0.3, 0.4) is 0 Å². The first-order valence-corrected chi connectivity index (χ1v) is 10.9. The molecule has 2 aromatic carbocycles. The lowest BCUT2D eigenvalue weighted by Gasteiger charge is -2.18. The Hall–Kier alpha value is -3.86. The highest BCUT2D eigenvalue weighted by Crippen LogP contribution is 2.44. The van der Waals surface area contributed by atoms with Gasteiger partial charge in [-0.25, -0.2) is 9.78 Å². The highest BCUT2D eigenvalue weighted by atomic mass is 19.4. The minimum Gasteiger partial charge on any atom is -0.674 e. The molecule has 1 heterocycles. The Balaban J connectivity index is 0.000000425. The van der Waals surface area contributed by atoms with E-state index in [1.165, 1.54) is 12.5 Å². The maximum Gasteiger partial charge on any atom is 0.423 e. The van der Waals surface area contributed by atoms with Gasteiger partial charge in [-0.05, 0) is 23.6 Å². The summed E-state index contributed by atoms with van der Waals surface area (Å²) in [6, 6.07) is 8.94. The molecule has 0 aliphatic carbocycles. The van der Waals surface area contributed by atoms with E-state index in [0.717, 1.165) is 17.7 Å². The zero-order valence-electron chi connectivity index (χ0n) is 20.0. The number of phenolic OH excluding ortho intramolecular Hbond substituents is 1. The molecule has 0 unspecified atom stereocenters. The summed E-state index contributed by atoms with van der Waals surface area (Å²) in [5.41, 5.74) is 7.03. The third kappa shape index (κ3) is 7.84. The molecular formula is C25H27F3N3O5-. The van der Waals surface area contributed by atoms with Crippen LogP contribution in [-0.2, 0) is 26.4 Å². The molecule has 0 amide bonds. The lowest BCUT2D eigenvalue weighted by atomic mass is 9.97. The first-order chi connectivity index (χ1) is 16.8. The van der Waals surface area contributed by atoms with Crippen molar-refractivity contribution in [3.8, 4) is 11.5 Å². The Labute approximate surface area is 206 Å². The predicted octanol–water partition coefficient (Wildman–Crippen LogP) is 5.89. The number of halogens is 3. The molecule has 0 radical (unpaired) electrons. The first kappa shape index (κ1) is 28.4. The predicted molar refractivity (Wildman–Crippen MR) is 126 cm³/mol. The van der Waals surface area contributed by atoms with Gasteiger partial charge in [-0.1, -0.05) is 43.7 Å². The number of aromatic hydroxyl groups is 1. The van der Waals surface area contributed by atoms with Crippen molar-refractivity contribution in [3.63, 3.8) is 0 Å². The lowest BCUT2D eigenvalue weighted by molar-refractivity contribution is -0.140. The van der Waals surface area contributed by atoms with Gasteiger partial charge in [-0.15, -0.1) is 6.54 Å². The Morgan fingerprint density at radius 1 is 1.11 bits per heavy atom. The number of hydrogen-bond acceptors (Lipinski definition) is 5. The van der Waals surface area contributed by atoms with E-state index < -0.39 is 35.0 Å². The van der Waals surface area contributed by atoms with Crippen LogP contribution in [0.2, 0.25) is 0 Å². The van der Waals surface area contributed by atoms with E-state index in [2.05, 4.69) is 4.98 Å². The SMILES string of the molecule is CC(C)CC(=O)c1ccc(OCc2ccc(C[NH-])cc2)c(C(F)(F)F)c1O.Cn1cnc(C(=O)O)c1. The average molecular weight is 507 g/mol. The highest BCUT2D eigenvalue weighted by molar-refractivity contribution is 5.99. The molecule has 3 rings (SSSR count). The molecule has 8 nitrogen and oxygen atoms in total. The number of ether oxygens (including phenoxy) is 1. The number of carbonyl (C=O) groups excluding carboxylic acids is 1. The molecule has 0 fully saturated rings. The molecule has 0 aliphatic rings. The van der Waals surface area contributed by atoms with Crippen LogP contribution < -0.4 is 4.74 Å². The van der Waals surface area contributed by atoms with Crippen LogP contribution in [0.5, 0.6) is 11.5 Å². The normalized spacial score (nSPS) is 11.1. The Kier molecular flexibility index (Phi) is 9.62. The van der Waals surface area contributed by atoms with Crippen molar-refractivity contribution in [2.45, 2.75) is 39.6 Å². The van der Waals surface area contributed by atoms with Gasteiger partial charge >= 0.3 is 12.1 Å². The first-order valence-electron chi connectivity index (χ1n) is 10.9. The van der Waals surface area contributed by atoms with Crippen molar-refractivity contribution in [1.29, 1.82) is 0 Å². The number of Topliss-reactive ketones (excluding diaryl/α,β-unsaturated/α-hetero) is 1. The zero-order valence-corrected chi connectivity index (χ0v) is 20.0. The van der Waals surface area contributed by atoms with Gasteiger partial charge in [-0.3, -0.25) is 4.79 Å². The number of carboxylic acid groups (broad SMARTS) is 1. The summed E-state index contributed by atoms with van der Waals surface area (Å²) in [5, 5.41) is 18.4. The van der Waals surface area contributed by atoms with Crippen LogP contribution in [0.4, 0.5) is 13.2 Å². The summed E-state index contributed by atoms with van der Waals surface area (Å²) >= 11 is 0. The molecule has 194 valence electrons. The van der Waals surface area contributed by atoms with Crippen LogP contribution in [0.15, 0.2) is 48.9 Å². The second-order valence-corrected chi connectivity index (χ2v) is 8.37. The van der Waals surface area contributed by atoms with E-state index in [-0.39, 0.29) is 36.7 Å². The van der Waals surface area contributed by atoms with Crippen molar-refractivity contribution in [1.82, 2.24) is 9.55 Å². The van der Waals surface area contributed by atoms with Crippen molar-refractivity contribution < 1.29 is 37.7 Å². The van der Waals surface area contributed by atoms with E-state index in [4.69, 9.17) is 15.6 Å². The number of nitrogens with zero attached hydrogens (tertiary/aromatic N) is 2. The van der Waals surface area contributed by atoms with Crippen molar-refractivity contribution in [2.75, 3.05) is 0 Å². The van der Waals surface area contributed by atoms with Gasteiger partial charge in [0.2, 0.25) is 0 Å². The molecule has 3 N–H and O–H groups in total. The number of aromatic carboxylic acids is 1. The molecule has 0 aliphatic heterocycles. The van der Waals surface area contributed by atoms with Crippen molar-refractivity contribution in [2.24, 2.45) is 13.0 Å². The summed E-state index contributed by atoms with van der Waals surface area (Å²) in [7, 11) is 1.72. The fourth-order valence-electron chi connectivity index (χ4n) is 3.11. The monoisotopic (exact) mass is 506 g/mol. The number of alkyl halides is 3. The number of aryl methyl sites for hydroxylation is 1. The largest absolute Gasteiger partial charge is 0.674 e. The van der Waals surface area contributed by atoms with Gasteiger partial charge in [-0.2, -0.15) is 13.2 Å². The summed E-state index contributed by atoms with van der Waals surface area (Å²) in [5.74, 6) is -3.23. The second-order valence-electron chi connectivity index (χ2n) is 8.37. The molecule has 1 aromatic heterocycles. The third-order valence-electron chi connectivity index (χ3n) is 4.86. The molecule has 3 aromatic rings. The summed E-state index contributed by atoms with van der Waals surface area (Å²) in [6.45, 7) is 3.51. The Morgan fingerprint density at radius 3 is 2.17 bits per heavy atom. The van der Waals surface area contributed by atoms with E-state index in [0.29, 0.717) is 5.56 Å². The van der Waals surface area contributed by atoms with Crippen LogP contribution in [0, 0.1) is 5.92 Å². The number of imidazole rings is 1. The number of carboxylic acids is 1. The van der Waals surface area contributed by atoms with Gasteiger partial charge < -0.3 is 25.3 Å². The van der Waals surface area contributed by atoms with E-state index in [1.807, 2.05) is 0 Å². The van der Waals surface area contributed by atoms with E-state index in [9.17, 15) is 27.9 Å². The summed E-state index contributed by atoms with van der Waals surface area (Å²) < 4.78 is 47.3. The summed E-state index contributed by atoms with van der Waals surface area (Å²) in [4.78, 5) is 25.8.